The summed E-state index contributed by atoms with van der Waals surface area (Å²) < 4.78 is 10.2. The van der Waals surface area contributed by atoms with Crippen molar-refractivity contribution >= 4 is 17.9 Å². The molecule has 0 aromatic heterocycles. The topological polar surface area (TPSA) is 64.8 Å². The summed E-state index contributed by atoms with van der Waals surface area (Å²) in [5.74, 6) is 0. The number of rotatable bonds is 6. The second-order valence-corrected chi connectivity index (χ2v) is 6.34. The van der Waals surface area contributed by atoms with Crippen molar-refractivity contribution in [2.75, 3.05) is 32.8 Å². The number of benzene rings is 1. The van der Waals surface area contributed by atoms with Crippen molar-refractivity contribution in [3.8, 4) is 0 Å². The number of nitrogens with zero attached hydrogens (tertiary/aromatic N) is 1. The molecule has 0 spiro atoms. The molecule has 1 saturated heterocycles. The molecule has 1 unspecified atom stereocenters. The second kappa shape index (κ2) is 8.26. The van der Waals surface area contributed by atoms with Gasteiger partial charge in [0.15, 0.2) is 5.44 Å². The highest BCUT2D eigenvalue weighted by atomic mass is 32.2. The predicted octanol–water partition coefficient (Wildman–Crippen LogP) is 2.09. The first-order valence-electron chi connectivity index (χ1n) is 7.15. The molecule has 1 atom stereocenters. The van der Waals surface area contributed by atoms with E-state index in [1.165, 1.54) is 17.3 Å². The molecule has 1 heterocycles. The number of hydrogen-bond acceptors (Lipinski definition) is 5. The van der Waals surface area contributed by atoms with Crippen molar-refractivity contribution in [2.45, 2.75) is 23.7 Å². The zero-order chi connectivity index (χ0) is 15.1. The van der Waals surface area contributed by atoms with E-state index >= 15 is 0 Å². The average Bonchev–Trinajstić information content (AvgIpc) is 2.47. The van der Waals surface area contributed by atoms with E-state index in [4.69, 9.17) is 15.2 Å². The van der Waals surface area contributed by atoms with Crippen molar-refractivity contribution < 1.29 is 14.3 Å². The van der Waals surface area contributed by atoms with E-state index in [2.05, 4.69) is 29.2 Å². The SMILES string of the molecule is CC(OC(N)=O)Sc1ccc(CCN2CCOCC2)cc1. The van der Waals surface area contributed by atoms with Crippen LogP contribution in [0.1, 0.15) is 12.5 Å². The van der Waals surface area contributed by atoms with Crippen LogP contribution in [0, 0.1) is 0 Å². The van der Waals surface area contributed by atoms with E-state index in [0.717, 1.165) is 44.2 Å². The molecular weight excluding hydrogens is 288 g/mol. The van der Waals surface area contributed by atoms with Crippen LogP contribution in [0.3, 0.4) is 0 Å². The number of morpholine rings is 1. The number of carbonyl (C=O) groups is 1. The maximum Gasteiger partial charge on any atom is 0.405 e. The first-order valence-corrected chi connectivity index (χ1v) is 8.03. The predicted molar refractivity (Wildman–Crippen MR) is 83.4 cm³/mol. The van der Waals surface area contributed by atoms with Gasteiger partial charge in [0.25, 0.3) is 0 Å². The molecule has 0 bridgehead atoms. The quantitative estimate of drug-likeness (QED) is 0.644. The molecule has 1 aromatic rings. The summed E-state index contributed by atoms with van der Waals surface area (Å²) in [4.78, 5) is 14.2. The van der Waals surface area contributed by atoms with Crippen LogP contribution in [0.4, 0.5) is 4.79 Å². The molecule has 0 radical (unpaired) electrons. The van der Waals surface area contributed by atoms with Crippen molar-refractivity contribution in [3.05, 3.63) is 29.8 Å². The number of carbonyl (C=O) groups excluding carboxylic acids is 1. The zero-order valence-electron chi connectivity index (χ0n) is 12.3. The molecule has 5 nitrogen and oxygen atoms in total. The van der Waals surface area contributed by atoms with Crippen LogP contribution >= 0.6 is 11.8 Å². The Morgan fingerprint density at radius 3 is 2.67 bits per heavy atom. The van der Waals surface area contributed by atoms with Gasteiger partial charge in [-0.2, -0.15) is 0 Å². The summed E-state index contributed by atoms with van der Waals surface area (Å²) >= 11 is 1.48. The number of nitrogens with two attached hydrogens (primary N) is 1. The number of ether oxygens (including phenoxy) is 2. The molecule has 1 aliphatic rings. The van der Waals surface area contributed by atoms with Crippen molar-refractivity contribution in [3.63, 3.8) is 0 Å². The molecule has 1 aliphatic heterocycles. The van der Waals surface area contributed by atoms with Gasteiger partial charge >= 0.3 is 6.09 Å². The van der Waals surface area contributed by atoms with Gasteiger partial charge in [-0.25, -0.2) is 4.79 Å². The fourth-order valence-corrected chi connectivity index (χ4v) is 3.05. The van der Waals surface area contributed by atoms with E-state index in [1.54, 1.807) is 0 Å². The van der Waals surface area contributed by atoms with Crippen LogP contribution in [0.5, 0.6) is 0 Å². The molecule has 2 N–H and O–H groups in total. The maximum atomic E-state index is 10.7. The van der Waals surface area contributed by atoms with E-state index in [9.17, 15) is 4.79 Å². The fraction of sp³-hybridized carbons (Fsp3) is 0.533. The van der Waals surface area contributed by atoms with Crippen LogP contribution in [-0.4, -0.2) is 49.3 Å². The van der Waals surface area contributed by atoms with Gasteiger partial charge in [0.1, 0.15) is 0 Å². The molecule has 116 valence electrons. The van der Waals surface area contributed by atoms with Crippen molar-refractivity contribution in [1.82, 2.24) is 4.90 Å². The highest BCUT2D eigenvalue weighted by Crippen LogP contribution is 2.24. The van der Waals surface area contributed by atoms with Crippen molar-refractivity contribution in [1.29, 1.82) is 0 Å². The lowest BCUT2D eigenvalue weighted by Crippen LogP contribution is -2.37. The molecule has 0 aliphatic carbocycles. The number of primary amides is 1. The van der Waals surface area contributed by atoms with Crippen LogP contribution in [0.15, 0.2) is 29.2 Å². The van der Waals surface area contributed by atoms with Gasteiger partial charge in [-0.3, -0.25) is 4.90 Å². The molecule has 0 saturated carbocycles. The highest BCUT2D eigenvalue weighted by molar-refractivity contribution is 7.99. The summed E-state index contributed by atoms with van der Waals surface area (Å²) in [6.45, 7) is 6.60. The number of amides is 1. The Balaban J connectivity index is 1.77. The lowest BCUT2D eigenvalue weighted by atomic mass is 10.1. The lowest BCUT2D eigenvalue weighted by molar-refractivity contribution is 0.0384. The normalized spacial score (nSPS) is 17.4. The summed E-state index contributed by atoms with van der Waals surface area (Å²) in [6, 6.07) is 8.36. The summed E-state index contributed by atoms with van der Waals surface area (Å²) in [5.41, 5.74) is 6.03. The maximum absolute atomic E-state index is 10.7. The molecule has 2 rings (SSSR count). The average molecular weight is 310 g/mol. The van der Waals surface area contributed by atoms with E-state index in [0.29, 0.717) is 0 Å². The monoisotopic (exact) mass is 310 g/mol. The van der Waals surface area contributed by atoms with Gasteiger partial charge in [0, 0.05) is 24.5 Å². The Kier molecular flexibility index (Phi) is 6.35. The Morgan fingerprint density at radius 1 is 1.38 bits per heavy atom. The van der Waals surface area contributed by atoms with Gasteiger partial charge in [-0.05, 0) is 31.0 Å². The minimum Gasteiger partial charge on any atom is -0.435 e. The second-order valence-electron chi connectivity index (χ2n) is 4.97. The summed E-state index contributed by atoms with van der Waals surface area (Å²) in [7, 11) is 0. The van der Waals surface area contributed by atoms with Crippen molar-refractivity contribution in [2.24, 2.45) is 5.73 Å². The smallest absolute Gasteiger partial charge is 0.405 e. The highest BCUT2D eigenvalue weighted by Gasteiger charge is 2.10. The standard InChI is InChI=1S/C15H22N2O3S/c1-12(20-15(16)18)21-14-4-2-13(3-5-14)6-7-17-8-10-19-11-9-17/h2-5,12H,6-11H2,1H3,(H2,16,18). The van der Waals surface area contributed by atoms with Gasteiger partial charge in [-0.15, -0.1) is 0 Å². The molecule has 6 heteroatoms. The van der Waals surface area contributed by atoms with Gasteiger partial charge in [0.2, 0.25) is 0 Å². The van der Waals surface area contributed by atoms with Crippen LogP contribution in [0.2, 0.25) is 0 Å². The Bertz CT molecular complexity index is 447. The van der Waals surface area contributed by atoms with Gasteiger partial charge in [-0.1, -0.05) is 23.9 Å². The summed E-state index contributed by atoms with van der Waals surface area (Å²) in [5, 5.41) is 0. The lowest BCUT2D eigenvalue weighted by Gasteiger charge is -2.26. The van der Waals surface area contributed by atoms with E-state index in [-0.39, 0.29) is 5.44 Å². The molecule has 21 heavy (non-hydrogen) atoms. The van der Waals surface area contributed by atoms with Crippen LogP contribution < -0.4 is 5.73 Å². The zero-order valence-corrected chi connectivity index (χ0v) is 13.1. The molecular formula is C15H22N2O3S. The third-order valence-electron chi connectivity index (χ3n) is 3.33. The van der Waals surface area contributed by atoms with Crippen LogP contribution in [-0.2, 0) is 15.9 Å². The van der Waals surface area contributed by atoms with E-state index in [1.807, 2.05) is 6.92 Å². The van der Waals surface area contributed by atoms with Crippen LogP contribution in [0.25, 0.3) is 0 Å². The Labute approximate surface area is 129 Å². The minimum atomic E-state index is -0.739. The fourth-order valence-electron chi connectivity index (χ4n) is 2.23. The minimum absolute atomic E-state index is 0.276. The number of thioether (sulfide) groups is 1. The third kappa shape index (κ3) is 5.95. The van der Waals surface area contributed by atoms with E-state index < -0.39 is 6.09 Å². The number of hydrogen-bond donors (Lipinski definition) is 1. The summed E-state index contributed by atoms with van der Waals surface area (Å²) in [6.07, 6.45) is 0.301. The Hall–Kier alpha value is -1.24. The Morgan fingerprint density at radius 2 is 2.05 bits per heavy atom. The largest absolute Gasteiger partial charge is 0.435 e. The molecule has 1 aromatic carbocycles. The van der Waals surface area contributed by atoms with Gasteiger partial charge < -0.3 is 15.2 Å². The first-order chi connectivity index (χ1) is 10.1. The first kappa shape index (κ1) is 16.1. The molecule has 1 amide bonds. The van der Waals surface area contributed by atoms with Gasteiger partial charge in [0.05, 0.1) is 13.2 Å². The third-order valence-corrected chi connectivity index (χ3v) is 4.30. The molecule has 1 fully saturated rings.